The summed E-state index contributed by atoms with van der Waals surface area (Å²) in [6.45, 7) is 7.76. The van der Waals surface area contributed by atoms with Gasteiger partial charge in [0.15, 0.2) is 0 Å². The molecule has 0 spiro atoms. The largest absolute Gasteiger partial charge is 0.299 e. The monoisotopic (exact) mass is 275 g/mol. The van der Waals surface area contributed by atoms with Gasteiger partial charge in [0, 0.05) is 24.3 Å². The van der Waals surface area contributed by atoms with Crippen LogP contribution < -0.4 is 11.2 Å². The Kier molecular flexibility index (Phi) is 10.5. The van der Waals surface area contributed by atoms with Crippen molar-refractivity contribution in [2.75, 3.05) is 19.5 Å². The molecule has 1 atom stereocenters. The number of nitrogens with two attached hydrogens (primary N) is 1. The molecule has 1 aliphatic rings. The molecule has 0 bridgehead atoms. The zero-order valence-electron chi connectivity index (χ0n) is 10.5. The molecule has 0 aromatic carbocycles. The van der Waals surface area contributed by atoms with Gasteiger partial charge in [-0.25, -0.2) is 5.01 Å². The van der Waals surface area contributed by atoms with E-state index >= 15 is 0 Å². The molecule has 3 nitrogen and oxygen atoms in total. The molecule has 0 amide bonds. The van der Waals surface area contributed by atoms with Crippen LogP contribution in [0.5, 0.6) is 0 Å². The Morgan fingerprint density at radius 2 is 2.41 bits per heavy atom. The van der Waals surface area contributed by atoms with Crippen LogP contribution in [-0.4, -0.2) is 30.6 Å². The van der Waals surface area contributed by atoms with Gasteiger partial charge in [0.25, 0.3) is 0 Å². The molecule has 17 heavy (non-hydrogen) atoms. The summed E-state index contributed by atoms with van der Waals surface area (Å²) in [5.41, 5.74) is 0. The number of hydrazine groups is 1. The number of hydrogen-bond acceptors (Lipinski definition) is 4. The van der Waals surface area contributed by atoms with E-state index in [-0.39, 0.29) is 0 Å². The maximum absolute atomic E-state index is 5.56. The average molecular weight is 276 g/mol. The number of alkyl halides is 1. The highest BCUT2D eigenvalue weighted by Gasteiger charge is 2.17. The van der Waals surface area contributed by atoms with Crippen LogP contribution in [0.25, 0.3) is 6.08 Å². The first-order valence-corrected chi connectivity index (χ1v) is 7.20. The molecule has 1 unspecified atom stereocenters. The average Bonchev–Trinajstić information content (AvgIpc) is 3.03. The molecule has 1 fully saturated rings. The Balaban J connectivity index is 0.000000265. The summed E-state index contributed by atoms with van der Waals surface area (Å²) >= 11 is 6.34. The molecule has 0 radical (unpaired) electrons. The van der Waals surface area contributed by atoms with Crippen LogP contribution in [0.4, 0.5) is 0 Å². The number of nitrogens with one attached hydrogen (secondary N) is 1. The molecular formula is C12H22ClN3S. The number of halogens is 1. The van der Waals surface area contributed by atoms with Crippen LogP contribution >= 0.6 is 22.9 Å². The van der Waals surface area contributed by atoms with Crippen molar-refractivity contribution in [3.05, 3.63) is 29.0 Å². The van der Waals surface area contributed by atoms with E-state index in [1.54, 1.807) is 11.3 Å². The van der Waals surface area contributed by atoms with Crippen molar-refractivity contribution in [2.24, 2.45) is 5.84 Å². The number of hydrogen-bond donors (Lipinski definition) is 2. The van der Waals surface area contributed by atoms with E-state index in [9.17, 15) is 0 Å². The summed E-state index contributed by atoms with van der Waals surface area (Å²) in [7, 11) is 0. The third-order valence-electron chi connectivity index (χ3n) is 2.28. The normalized spacial score (nSPS) is 18.7. The Labute approximate surface area is 113 Å². The third kappa shape index (κ3) is 6.81. The van der Waals surface area contributed by atoms with Crippen molar-refractivity contribution in [2.45, 2.75) is 19.5 Å². The zero-order chi connectivity index (χ0) is 13.1. The fraction of sp³-hybridized carbons (Fsp3) is 0.500. The Hall–Kier alpha value is -0.390. The number of nitrogens with zero attached hydrogens (tertiary/aromatic N) is 1. The third-order valence-corrected chi connectivity index (χ3v) is 3.15. The maximum Gasteiger partial charge on any atom is 0.0728 e. The second-order valence-corrected chi connectivity index (χ2v) is 4.31. The summed E-state index contributed by atoms with van der Waals surface area (Å²) in [6, 6.07) is 4.05. The number of rotatable bonds is 2. The van der Waals surface area contributed by atoms with Crippen LogP contribution in [0.1, 0.15) is 18.2 Å². The van der Waals surface area contributed by atoms with Crippen LogP contribution in [0, 0.1) is 0 Å². The number of thiophene rings is 1. The Bertz CT molecular complexity index is 277. The molecule has 1 aromatic heterocycles. The van der Waals surface area contributed by atoms with Crippen LogP contribution in [0.2, 0.25) is 0 Å². The van der Waals surface area contributed by atoms with E-state index in [1.165, 1.54) is 11.3 Å². The minimum absolute atomic E-state index is 0.426. The van der Waals surface area contributed by atoms with Gasteiger partial charge < -0.3 is 0 Å². The van der Waals surface area contributed by atoms with Crippen molar-refractivity contribution in [3.8, 4) is 0 Å². The van der Waals surface area contributed by atoms with Crippen LogP contribution in [0.3, 0.4) is 0 Å². The Morgan fingerprint density at radius 1 is 1.71 bits per heavy atom. The van der Waals surface area contributed by atoms with Gasteiger partial charge in [-0.1, -0.05) is 25.6 Å². The second-order valence-electron chi connectivity index (χ2n) is 3.34. The predicted molar refractivity (Wildman–Crippen MR) is 79.2 cm³/mol. The van der Waals surface area contributed by atoms with Gasteiger partial charge in [-0.05, 0) is 17.9 Å². The molecule has 2 rings (SSSR count). The lowest BCUT2D eigenvalue weighted by atomic mass is 10.4. The topological polar surface area (TPSA) is 41.3 Å². The minimum Gasteiger partial charge on any atom is -0.299 e. The fourth-order valence-electron chi connectivity index (χ4n) is 1.42. The van der Waals surface area contributed by atoms with Gasteiger partial charge in [-0.3, -0.25) is 11.2 Å². The molecule has 1 aliphatic heterocycles. The Morgan fingerprint density at radius 3 is 2.65 bits per heavy atom. The van der Waals surface area contributed by atoms with E-state index in [0.29, 0.717) is 6.17 Å². The van der Waals surface area contributed by atoms with Gasteiger partial charge in [0.2, 0.25) is 0 Å². The molecule has 1 saturated heterocycles. The van der Waals surface area contributed by atoms with Gasteiger partial charge in [-0.15, -0.1) is 22.9 Å². The van der Waals surface area contributed by atoms with Crippen molar-refractivity contribution >= 4 is 29.0 Å². The van der Waals surface area contributed by atoms with E-state index in [2.05, 4.69) is 30.4 Å². The van der Waals surface area contributed by atoms with Gasteiger partial charge in [-0.2, -0.15) is 0 Å². The molecular weight excluding hydrogens is 254 g/mol. The van der Waals surface area contributed by atoms with Crippen molar-refractivity contribution < 1.29 is 0 Å². The van der Waals surface area contributed by atoms with Crippen molar-refractivity contribution in [1.82, 2.24) is 10.3 Å². The second kappa shape index (κ2) is 10.7. The van der Waals surface area contributed by atoms with Gasteiger partial charge in [0.05, 0.1) is 6.17 Å². The van der Waals surface area contributed by atoms with E-state index in [0.717, 1.165) is 19.5 Å². The summed E-state index contributed by atoms with van der Waals surface area (Å²) in [5, 5.41) is 7.14. The summed E-state index contributed by atoms with van der Waals surface area (Å²) in [5.74, 6) is 5.56. The van der Waals surface area contributed by atoms with E-state index < -0.39 is 0 Å². The van der Waals surface area contributed by atoms with Gasteiger partial charge in [0.1, 0.15) is 0 Å². The molecule has 98 valence electrons. The van der Waals surface area contributed by atoms with E-state index in [4.69, 9.17) is 5.84 Å². The minimum atomic E-state index is 0.426. The van der Waals surface area contributed by atoms with Crippen LogP contribution in [-0.2, 0) is 0 Å². The van der Waals surface area contributed by atoms with Crippen molar-refractivity contribution in [3.63, 3.8) is 0 Å². The highest BCUT2D eigenvalue weighted by atomic mass is 35.5. The first kappa shape index (κ1) is 16.6. The smallest absolute Gasteiger partial charge is 0.0728 e. The molecule has 0 saturated carbocycles. The SMILES string of the molecule is C=Cc1cccs1.CCC1NCCN1N.CCl. The molecule has 5 heteroatoms. The van der Waals surface area contributed by atoms with Gasteiger partial charge >= 0.3 is 0 Å². The quantitative estimate of drug-likeness (QED) is 0.644. The zero-order valence-corrected chi connectivity index (χ0v) is 12.1. The highest BCUT2D eigenvalue weighted by Crippen LogP contribution is 2.07. The standard InChI is InChI=1S/C6H6S.C5H13N3.CH3Cl/c1-2-6-4-3-5-7-6;1-2-5-7-3-4-8(5)6;1-2/h2-5H,1H2;5,7H,2-4,6H2,1H3;1H3. The molecule has 3 N–H and O–H groups in total. The van der Waals surface area contributed by atoms with Crippen LogP contribution in [0.15, 0.2) is 24.1 Å². The lowest BCUT2D eigenvalue weighted by Crippen LogP contribution is -2.39. The molecule has 2 heterocycles. The fourth-order valence-corrected chi connectivity index (χ4v) is 1.99. The predicted octanol–water partition coefficient (Wildman–Crippen LogP) is 2.75. The maximum atomic E-state index is 5.56. The lowest BCUT2D eigenvalue weighted by Gasteiger charge is -2.15. The van der Waals surface area contributed by atoms with E-state index in [1.807, 2.05) is 28.6 Å². The lowest BCUT2D eigenvalue weighted by molar-refractivity contribution is 0.243. The summed E-state index contributed by atoms with van der Waals surface area (Å²) < 4.78 is 0. The summed E-state index contributed by atoms with van der Waals surface area (Å²) in [6.07, 6.45) is 4.84. The highest BCUT2D eigenvalue weighted by molar-refractivity contribution is 7.10. The molecule has 0 aliphatic carbocycles. The van der Waals surface area contributed by atoms with Crippen molar-refractivity contribution in [1.29, 1.82) is 0 Å². The summed E-state index contributed by atoms with van der Waals surface area (Å²) in [4.78, 5) is 1.24. The first-order chi connectivity index (χ1) is 8.27. The molecule has 1 aromatic rings. The first-order valence-electron chi connectivity index (χ1n) is 5.56.